The van der Waals surface area contributed by atoms with Crippen molar-refractivity contribution in [1.82, 2.24) is 0 Å². The molecular weight excluding hydrogens is 202 g/mol. The van der Waals surface area contributed by atoms with Crippen molar-refractivity contribution in [2.45, 2.75) is 32.4 Å². The smallest absolute Gasteiger partial charge is 0.323 e. The summed E-state index contributed by atoms with van der Waals surface area (Å²) in [4.78, 5) is 11.3. The molecule has 0 heterocycles. The molecule has 0 aromatic heterocycles. The summed E-state index contributed by atoms with van der Waals surface area (Å²) < 4.78 is 10.1. The number of hydrogen-bond acceptors (Lipinski definition) is 5. The molecule has 0 aliphatic heterocycles. The van der Waals surface area contributed by atoms with E-state index >= 15 is 0 Å². The first-order chi connectivity index (χ1) is 6.61. The van der Waals surface area contributed by atoms with Crippen molar-refractivity contribution in [2.24, 2.45) is 5.73 Å². The third-order valence-electron chi connectivity index (χ3n) is 1.62. The molecule has 0 aliphatic carbocycles. The van der Waals surface area contributed by atoms with Crippen LogP contribution in [0.4, 0.5) is 0 Å². The van der Waals surface area contributed by atoms with Crippen molar-refractivity contribution in [3.05, 3.63) is 0 Å². The molecule has 0 saturated heterocycles. The number of carbonyl (C=O) groups is 1. The summed E-state index contributed by atoms with van der Waals surface area (Å²) in [6.07, 6.45) is 0.289. The predicted molar refractivity (Wildman–Crippen MR) is 58.5 cm³/mol. The Hall–Kier alpha value is -0.260. The van der Waals surface area contributed by atoms with Crippen LogP contribution in [-0.4, -0.2) is 37.1 Å². The molecule has 2 unspecified atom stereocenters. The Morgan fingerprint density at radius 3 is 2.71 bits per heavy atom. The zero-order valence-corrected chi connectivity index (χ0v) is 9.63. The lowest BCUT2D eigenvalue weighted by Gasteiger charge is -2.15. The Labute approximate surface area is 90.5 Å². The summed E-state index contributed by atoms with van der Waals surface area (Å²) in [7, 11) is 0. The van der Waals surface area contributed by atoms with Gasteiger partial charge in [-0.15, -0.1) is 0 Å². The molecular formula is C9H19NO3S. The molecule has 2 N–H and O–H groups in total. The molecule has 0 fully saturated rings. The van der Waals surface area contributed by atoms with E-state index in [0.29, 0.717) is 25.4 Å². The van der Waals surface area contributed by atoms with E-state index in [0.717, 1.165) is 0 Å². The van der Waals surface area contributed by atoms with E-state index < -0.39 is 6.04 Å². The quantitative estimate of drug-likeness (QED) is 0.488. The minimum absolute atomic E-state index is 0.242. The highest BCUT2D eigenvalue weighted by atomic mass is 32.1. The molecule has 0 amide bonds. The Morgan fingerprint density at radius 2 is 2.21 bits per heavy atom. The third-order valence-corrected chi connectivity index (χ3v) is 1.88. The molecule has 0 bridgehead atoms. The molecule has 0 saturated carbocycles. The average molecular weight is 221 g/mol. The van der Waals surface area contributed by atoms with Crippen LogP contribution in [0.1, 0.15) is 20.3 Å². The van der Waals surface area contributed by atoms with Gasteiger partial charge in [0.1, 0.15) is 12.1 Å². The van der Waals surface area contributed by atoms with Crippen molar-refractivity contribution in [2.75, 3.05) is 19.0 Å². The largest absolute Gasteiger partial charge is 0.459 e. The maximum Gasteiger partial charge on any atom is 0.323 e. The van der Waals surface area contributed by atoms with Crippen LogP contribution in [0.5, 0.6) is 0 Å². The van der Waals surface area contributed by atoms with Gasteiger partial charge in [0, 0.05) is 6.61 Å². The lowest BCUT2D eigenvalue weighted by Crippen LogP contribution is -2.35. The summed E-state index contributed by atoms with van der Waals surface area (Å²) in [5.74, 6) is 0.196. The molecule has 5 heteroatoms. The summed E-state index contributed by atoms with van der Waals surface area (Å²) in [5, 5.41) is 0. The van der Waals surface area contributed by atoms with Crippen molar-refractivity contribution in [1.29, 1.82) is 0 Å². The minimum Gasteiger partial charge on any atom is -0.459 e. The molecule has 14 heavy (non-hydrogen) atoms. The van der Waals surface area contributed by atoms with Crippen LogP contribution in [0.3, 0.4) is 0 Å². The normalized spacial score (nSPS) is 14.9. The minimum atomic E-state index is -0.573. The van der Waals surface area contributed by atoms with Gasteiger partial charge in [0.15, 0.2) is 0 Å². The summed E-state index contributed by atoms with van der Waals surface area (Å²) in [6, 6.07) is -0.573. The molecule has 0 aromatic carbocycles. The van der Waals surface area contributed by atoms with Gasteiger partial charge >= 0.3 is 5.97 Å². The Balaban J connectivity index is 3.69. The van der Waals surface area contributed by atoms with Crippen molar-refractivity contribution >= 4 is 18.6 Å². The molecule has 0 aliphatic rings. The van der Waals surface area contributed by atoms with Gasteiger partial charge in [-0.25, -0.2) is 0 Å². The van der Waals surface area contributed by atoms with E-state index in [9.17, 15) is 4.79 Å². The second kappa shape index (κ2) is 8.08. The van der Waals surface area contributed by atoms with Crippen LogP contribution in [0.25, 0.3) is 0 Å². The number of nitrogens with two attached hydrogens (primary N) is 1. The van der Waals surface area contributed by atoms with Gasteiger partial charge in [0.25, 0.3) is 0 Å². The Morgan fingerprint density at radius 1 is 1.57 bits per heavy atom. The van der Waals surface area contributed by atoms with Gasteiger partial charge in [0.2, 0.25) is 0 Å². The van der Waals surface area contributed by atoms with Gasteiger partial charge in [-0.2, -0.15) is 12.6 Å². The summed E-state index contributed by atoms with van der Waals surface area (Å²) in [6.45, 7) is 4.70. The van der Waals surface area contributed by atoms with Crippen LogP contribution in [0.15, 0.2) is 0 Å². The van der Waals surface area contributed by atoms with Gasteiger partial charge < -0.3 is 15.2 Å². The first-order valence-corrected chi connectivity index (χ1v) is 5.39. The first-order valence-electron chi connectivity index (χ1n) is 4.76. The second-order valence-corrected chi connectivity index (χ2v) is 3.47. The van der Waals surface area contributed by atoms with Gasteiger partial charge in [0.05, 0.1) is 6.61 Å². The van der Waals surface area contributed by atoms with Crippen LogP contribution in [0, 0.1) is 0 Å². The van der Waals surface area contributed by atoms with Crippen molar-refractivity contribution < 1.29 is 14.3 Å². The van der Waals surface area contributed by atoms with Crippen LogP contribution in [0.2, 0.25) is 0 Å². The lowest BCUT2D eigenvalue weighted by molar-refractivity contribution is -0.152. The zero-order chi connectivity index (χ0) is 11.0. The van der Waals surface area contributed by atoms with E-state index in [-0.39, 0.29) is 12.1 Å². The summed E-state index contributed by atoms with van der Waals surface area (Å²) >= 11 is 3.99. The van der Waals surface area contributed by atoms with Gasteiger partial charge in [-0.1, -0.05) is 0 Å². The second-order valence-electron chi connectivity index (χ2n) is 3.03. The summed E-state index contributed by atoms with van der Waals surface area (Å²) in [5.41, 5.74) is 5.54. The standard InChI is InChI=1S/C9H19NO3S/c1-3-12-6-7(2)13-9(11)8(10)4-5-14/h7-8,14H,3-6,10H2,1-2H3. The highest BCUT2D eigenvalue weighted by molar-refractivity contribution is 7.80. The number of ether oxygens (including phenoxy) is 2. The maximum absolute atomic E-state index is 11.3. The Bertz CT molecular complexity index is 166. The molecule has 0 aromatic rings. The molecule has 84 valence electrons. The molecule has 0 rings (SSSR count). The maximum atomic E-state index is 11.3. The van der Waals surface area contributed by atoms with E-state index in [1.165, 1.54) is 0 Å². The fourth-order valence-corrected chi connectivity index (χ4v) is 1.14. The number of thiol groups is 1. The SMILES string of the molecule is CCOCC(C)OC(=O)C(N)CCS. The Kier molecular flexibility index (Phi) is 7.93. The van der Waals surface area contributed by atoms with E-state index in [1.54, 1.807) is 6.92 Å². The van der Waals surface area contributed by atoms with E-state index in [1.807, 2.05) is 6.92 Å². The first kappa shape index (κ1) is 13.7. The molecule has 4 nitrogen and oxygen atoms in total. The average Bonchev–Trinajstić information content (AvgIpc) is 2.15. The molecule has 0 spiro atoms. The third kappa shape index (κ3) is 6.23. The van der Waals surface area contributed by atoms with E-state index in [4.69, 9.17) is 15.2 Å². The van der Waals surface area contributed by atoms with Crippen LogP contribution >= 0.6 is 12.6 Å². The molecule has 2 atom stereocenters. The fourth-order valence-electron chi connectivity index (χ4n) is 0.860. The van der Waals surface area contributed by atoms with Gasteiger partial charge in [-0.05, 0) is 26.0 Å². The van der Waals surface area contributed by atoms with Crippen LogP contribution < -0.4 is 5.73 Å². The fraction of sp³-hybridized carbons (Fsp3) is 0.889. The number of esters is 1. The highest BCUT2D eigenvalue weighted by Gasteiger charge is 2.16. The lowest BCUT2D eigenvalue weighted by atomic mass is 10.2. The topological polar surface area (TPSA) is 61.5 Å². The number of rotatable bonds is 7. The van der Waals surface area contributed by atoms with E-state index in [2.05, 4.69) is 12.6 Å². The highest BCUT2D eigenvalue weighted by Crippen LogP contribution is 1.99. The molecule has 0 radical (unpaired) electrons. The predicted octanol–water partition coefficient (Wildman–Crippen LogP) is 0.602. The van der Waals surface area contributed by atoms with Crippen molar-refractivity contribution in [3.8, 4) is 0 Å². The number of hydrogen-bond donors (Lipinski definition) is 2. The zero-order valence-electron chi connectivity index (χ0n) is 8.73. The van der Waals surface area contributed by atoms with Crippen LogP contribution in [-0.2, 0) is 14.3 Å². The van der Waals surface area contributed by atoms with Crippen molar-refractivity contribution in [3.63, 3.8) is 0 Å². The van der Waals surface area contributed by atoms with Gasteiger partial charge in [-0.3, -0.25) is 4.79 Å². The number of carbonyl (C=O) groups excluding carboxylic acids is 1. The monoisotopic (exact) mass is 221 g/mol.